The van der Waals surface area contributed by atoms with Crippen LogP contribution in [0.4, 0.5) is 5.00 Å². The van der Waals surface area contributed by atoms with Gasteiger partial charge in [0.05, 0.1) is 12.2 Å². The van der Waals surface area contributed by atoms with E-state index in [9.17, 15) is 14.4 Å². The highest BCUT2D eigenvalue weighted by Crippen LogP contribution is 2.39. The first kappa shape index (κ1) is 22.2. The third-order valence-electron chi connectivity index (χ3n) is 5.98. The lowest BCUT2D eigenvalue weighted by Gasteiger charge is -2.23. The van der Waals surface area contributed by atoms with Crippen LogP contribution in [-0.2, 0) is 27.2 Å². The molecule has 1 aromatic carbocycles. The zero-order chi connectivity index (χ0) is 22.5. The maximum Gasteiger partial charge on any atom is 0.341 e. The fraction of sp³-hybridized carbons (Fsp3) is 0.417. The number of hydrogen-bond acceptors (Lipinski definition) is 6. The van der Waals surface area contributed by atoms with Crippen LogP contribution in [0.25, 0.3) is 0 Å². The first-order valence-electron chi connectivity index (χ1n) is 11.1. The predicted molar refractivity (Wildman–Crippen MR) is 124 cm³/mol. The number of nitrogens with one attached hydrogen (secondary N) is 2. The van der Waals surface area contributed by atoms with Gasteiger partial charge in [-0.2, -0.15) is 5.10 Å². The van der Waals surface area contributed by atoms with E-state index in [1.54, 1.807) is 6.92 Å². The van der Waals surface area contributed by atoms with Crippen molar-refractivity contribution in [3.8, 4) is 0 Å². The summed E-state index contributed by atoms with van der Waals surface area (Å²) in [7, 11) is 0. The Morgan fingerprint density at radius 2 is 1.81 bits per heavy atom. The number of rotatable bonds is 5. The average molecular weight is 454 g/mol. The van der Waals surface area contributed by atoms with Crippen molar-refractivity contribution in [2.24, 2.45) is 5.10 Å². The number of fused-ring (bicyclic) bond motifs is 1. The number of ether oxygens (including phenoxy) is 1. The minimum Gasteiger partial charge on any atom is -0.462 e. The number of nitrogens with zero attached hydrogens (tertiary/aromatic N) is 1. The van der Waals surface area contributed by atoms with E-state index in [2.05, 4.69) is 28.0 Å². The van der Waals surface area contributed by atoms with E-state index < -0.39 is 17.8 Å². The highest BCUT2D eigenvalue weighted by molar-refractivity contribution is 7.17. The van der Waals surface area contributed by atoms with E-state index in [1.165, 1.54) is 16.9 Å². The smallest absolute Gasteiger partial charge is 0.341 e. The van der Waals surface area contributed by atoms with Gasteiger partial charge in [0.15, 0.2) is 0 Å². The van der Waals surface area contributed by atoms with Crippen molar-refractivity contribution < 1.29 is 19.1 Å². The standard InChI is InChI=1S/C24H27N3O4S/c1-2-31-24(30)20-18-9-6-10-19(18)32-23(20)25-21(28)22(29)27-26-17-13-11-16(12-14-17)15-7-4-3-5-8-15/h3-5,7-8,16H,2,6,9-14H2,1H3,(H,25,28)(H,27,29). The number of amides is 2. The van der Waals surface area contributed by atoms with Gasteiger partial charge in [0.25, 0.3) is 0 Å². The van der Waals surface area contributed by atoms with Crippen molar-refractivity contribution in [2.75, 3.05) is 11.9 Å². The Hall–Kier alpha value is -3.00. The molecule has 1 fully saturated rings. The number of benzene rings is 1. The highest BCUT2D eigenvalue weighted by Gasteiger charge is 2.29. The summed E-state index contributed by atoms with van der Waals surface area (Å²) in [6.07, 6.45) is 6.12. The molecule has 1 heterocycles. The molecule has 0 atom stereocenters. The first-order chi connectivity index (χ1) is 15.6. The fourth-order valence-electron chi connectivity index (χ4n) is 4.37. The summed E-state index contributed by atoms with van der Waals surface area (Å²) in [5.41, 5.74) is 5.91. The molecule has 2 aromatic rings. The summed E-state index contributed by atoms with van der Waals surface area (Å²) < 4.78 is 5.16. The minimum atomic E-state index is -0.842. The van der Waals surface area contributed by atoms with Gasteiger partial charge in [0, 0.05) is 10.6 Å². The molecule has 2 amide bonds. The van der Waals surface area contributed by atoms with Crippen LogP contribution >= 0.6 is 11.3 Å². The molecule has 0 unspecified atom stereocenters. The predicted octanol–water partition coefficient (Wildman–Crippen LogP) is 4.18. The van der Waals surface area contributed by atoms with Gasteiger partial charge in [-0.25, -0.2) is 10.2 Å². The molecule has 0 spiro atoms. The first-order valence-corrected chi connectivity index (χ1v) is 11.9. The second-order valence-electron chi connectivity index (χ2n) is 8.04. The van der Waals surface area contributed by atoms with Crippen LogP contribution in [0.2, 0.25) is 0 Å². The van der Waals surface area contributed by atoms with Gasteiger partial charge >= 0.3 is 17.8 Å². The van der Waals surface area contributed by atoms with Gasteiger partial charge in [-0.3, -0.25) is 9.59 Å². The monoisotopic (exact) mass is 453 g/mol. The number of hydrogen-bond donors (Lipinski definition) is 2. The van der Waals surface area contributed by atoms with E-state index in [1.807, 2.05) is 18.2 Å². The van der Waals surface area contributed by atoms with E-state index >= 15 is 0 Å². The van der Waals surface area contributed by atoms with E-state index in [-0.39, 0.29) is 6.61 Å². The molecule has 8 heteroatoms. The third kappa shape index (κ3) is 4.91. The highest BCUT2D eigenvalue weighted by atomic mass is 32.1. The molecular formula is C24H27N3O4S. The number of thiophene rings is 1. The summed E-state index contributed by atoms with van der Waals surface area (Å²) in [5, 5.41) is 7.15. The molecule has 4 rings (SSSR count). The van der Waals surface area contributed by atoms with Crippen LogP contribution in [0.1, 0.15) is 71.3 Å². The van der Waals surface area contributed by atoms with Crippen molar-refractivity contribution in [3.05, 3.63) is 51.9 Å². The molecule has 168 valence electrons. The van der Waals surface area contributed by atoms with Gasteiger partial charge in [-0.15, -0.1) is 11.3 Å². The molecule has 1 aromatic heterocycles. The molecular weight excluding hydrogens is 426 g/mol. The molecule has 0 radical (unpaired) electrons. The Bertz CT molecular complexity index is 1040. The molecule has 32 heavy (non-hydrogen) atoms. The van der Waals surface area contributed by atoms with Crippen molar-refractivity contribution in [1.29, 1.82) is 0 Å². The van der Waals surface area contributed by atoms with Crippen molar-refractivity contribution in [2.45, 2.75) is 57.8 Å². The third-order valence-corrected chi connectivity index (χ3v) is 7.19. The Morgan fingerprint density at radius 1 is 1.06 bits per heavy atom. The van der Waals surface area contributed by atoms with Gasteiger partial charge in [-0.05, 0) is 68.9 Å². The van der Waals surface area contributed by atoms with Crippen molar-refractivity contribution in [1.82, 2.24) is 5.43 Å². The SMILES string of the molecule is CCOC(=O)c1c(NC(=O)C(=O)NN=C2CCC(c3ccccc3)CC2)sc2c1CCC2. The summed E-state index contributed by atoms with van der Waals surface area (Å²) in [4.78, 5) is 38.2. The number of carbonyl (C=O) groups excluding carboxylic acids is 3. The van der Waals surface area contributed by atoms with Crippen LogP contribution < -0.4 is 10.7 Å². The second-order valence-corrected chi connectivity index (χ2v) is 9.15. The normalized spacial score (nSPS) is 17.4. The Labute approximate surface area is 191 Å². The van der Waals surface area contributed by atoms with Crippen LogP contribution in [0.5, 0.6) is 0 Å². The topological polar surface area (TPSA) is 96.9 Å². The summed E-state index contributed by atoms with van der Waals surface area (Å²) in [6, 6.07) is 10.4. The van der Waals surface area contributed by atoms with Crippen molar-refractivity contribution >= 4 is 39.8 Å². The van der Waals surface area contributed by atoms with Crippen molar-refractivity contribution in [3.63, 3.8) is 0 Å². The Morgan fingerprint density at radius 3 is 2.53 bits per heavy atom. The molecule has 2 aliphatic rings. The number of aryl methyl sites for hydroxylation is 1. The Kier molecular flexibility index (Phi) is 6.99. The molecule has 1 saturated carbocycles. The summed E-state index contributed by atoms with van der Waals surface area (Å²) in [6.45, 7) is 1.99. The zero-order valence-corrected chi connectivity index (χ0v) is 18.9. The maximum absolute atomic E-state index is 12.4. The molecule has 0 saturated heterocycles. The van der Waals surface area contributed by atoms with E-state index in [0.29, 0.717) is 16.5 Å². The largest absolute Gasteiger partial charge is 0.462 e. The van der Waals surface area contributed by atoms with Crippen LogP contribution in [-0.4, -0.2) is 30.1 Å². The quantitative estimate of drug-likeness (QED) is 0.403. The molecule has 2 N–H and O–H groups in total. The summed E-state index contributed by atoms with van der Waals surface area (Å²) >= 11 is 1.34. The number of hydrazone groups is 1. The summed E-state index contributed by atoms with van der Waals surface area (Å²) in [5.74, 6) is -1.64. The number of carbonyl (C=O) groups is 3. The van der Waals surface area contributed by atoms with Gasteiger partial charge in [-0.1, -0.05) is 30.3 Å². The number of esters is 1. The number of anilines is 1. The Balaban J connectivity index is 1.34. The lowest BCUT2D eigenvalue weighted by atomic mass is 9.83. The lowest BCUT2D eigenvalue weighted by Crippen LogP contribution is -2.33. The van der Waals surface area contributed by atoms with Crippen LogP contribution in [0.15, 0.2) is 35.4 Å². The molecule has 0 bridgehead atoms. The van der Waals surface area contributed by atoms with Crippen LogP contribution in [0, 0.1) is 0 Å². The molecule has 0 aliphatic heterocycles. The van der Waals surface area contributed by atoms with Crippen LogP contribution in [0.3, 0.4) is 0 Å². The lowest BCUT2D eigenvalue weighted by molar-refractivity contribution is -0.136. The molecule has 7 nitrogen and oxygen atoms in total. The van der Waals surface area contributed by atoms with Gasteiger partial charge < -0.3 is 10.1 Å². The second kappa shape index (κ2) is 10.1. The molecule has 2 aliphatic carbocycles. The average Bonchev–Trinajstić information content (AvgIpc) is 3.39. The maximum atomic E-state index is 12.4. The van der Waals surface area contributed by atoms with Gasteiger partial charge in [0.2, 0.25) is 0 Å². The van der Waals surface area contributed by atoms with Gasteiger partial charge in [0.1, 0.15) is 5.00 Å². The minimum absolute atomic E-state index is 0.250. The zero-order valence-electron chi connectivity index (χ0n) is 18.1. The van der Waals surface area contributed by atoms with E-state index in [4.69, 9.17) is 4.74 Å². The van der Waals surface area contributed by atoms with E-state index in [0.717, 1.165) is 61.1 Å². The fourth-order valence-corrected chi connectivity index (χ4v) is 5.65.